The van der Waals surface area contributed by atoms with Gasteiger partial charge in [-0.2, -0.15) is 0 Å². The maximum atomic E-state index is 15.4. The van der Waals surface area contributed by atoms with Crippen LogP contribution in [-0.2, 0) is 42.7 Å². The van der Waals surface area contributed by atoms with Gasteiger partial charge in [0, 0.05) is 5.41 Å². The van der Waals surface area contributed by atoms with E-state index in [1.807, 2.05) is 6.92 Å². The Balaban J connectivity index is 0.931. The van der Waals surface area contributed by atoms with Gasteiger partial charge in [-0.1, -0.05) is 53.2 Å². The molecule has 4 saturated heterocycles. The van der Waals surface area contributed by atoms with Gasteiger partial charge in [0.1, 0.15) is 72.6 Å². The number of fused-ring (bicyclic) bond motifs is 7. The van der Waals surface area contributed by atoms with Crippen LogP contribution in [0.1, 0.15) is 114 Å². The molecule has 9 rings (SSSR count). The molecule has 30 atom stereocenters. The number of carbonyl (C=O) groups excluding carboxylic acids is 1. The highest BCUT2D eigenvalue weighted by atomic mass is 16.8. The van der Waals surface area contributed by atoms with Gasteiger partial charge in [-0.25, -0.2) is 0 Å². The number of rotatable bonds is 9. The first-order valence-corrected chi connectivity index (χ1v) is 27.2. The van der Waals surface area contributed by atoms with Crippen molar-refractivity contribution in [1.82, 2.24) is 0 Å². The first kappa shape index (κ1) is 58.1. The zero-order chi connectivity index (χ0) is 55.0. The van der Waals surface area contributed by atoms with Crippen molar-refractivity contribution in [2.45, 2.75) is 249 Å². The predicted octanol–water partition coefficient (Wildman–Crippen LogP) is -1.40. The molecule has 4 heterocycles. The van der Waals surface area contributed by atoms with Crippen LogP contribution in [-0.4, -0.2) is 221 Å². The van der Waals surface area contributed by atoms with Gasteiger partial charge in [0.2, 0.25) is 6.29 Å². The monoisotopic (exact) mass is 1070 g/mol. The van der Waals surface area contributed by atoms with Crippen molar-refractivity contribution in [3.63, 3.8) is 0 Å². The summed E-state index contributed by atoms with van der Waals surface area (Å²) in [5.74, 6) is -1.38. The minimum absolute atomic E-state index is 0.000548. The summed E-state index contributed by atoms with van der Waals surface area (Å²) in [5.41, 5.74) is -3.14. The van der Waals surface area contributed by atoms with Crippen LogP contribution in [0.4, 0.5) is 0 Å². The van der Waals surface area contributed by atoms with Crippen molar-refractivity contribution in [2.24, 2.45) is 50.2 Å². The van der Waals surface area contributed by atoms with Gasteiger partial charge in [0.25, 0.3) is 0 Å². The molecular weight excluding hydrogens is 989 g/mol. The second kappa shape index (κ2) is 20.4. The van der Waals surface area contributed by atoms with Gasteiger partial charge in [-0.05, 0) is 112 Å². The Morgan fingerprint density at radius 2 is 1.17 bits per heavy atom. The molecular formula is C53H86O22. The number of hydrogen-bond acceptors (Lipinski definition) is 22. The summed E-state index contributed by atoms with van der Waals surface area (Å²) in [4.78, 5) is 15.4. The summed E-state index contributed by atoms with van der Waals surface area (Å²) in [6.07, 6.45) is -27.2. The number of carbonyl (C=O) groups is 1. The molecule has 0 aromatic carbocycles. The van der Waals surface area contributed by atoms with Gasteiger partial charge in [0.15, 0.2) is 25.0 Å². The fraction of sp³-hybridized carbons (Fsp3) is 0.943. The van der Waals surface area contributed by atoms with E-state index in [1.54, 1.807) is 0 Å². The molecule has 22 nitrogen and oxygen atoms in total. The third-order valence-electron chi connectivity index (χ3n) is 21.0. The van der Waals surface area contributed by atoms with Crippen molar-refractivity contribution in [1.29, 1.82) is 0 Å². The molecule has 4 saturated carbocycles. The molecule has 22 heteroatoms. The van der Waals surface area contributed by atoms with Crippen LogP contribution in [0.5, 0.6) is 0 Å². The molecule has 8 fully saturated rings. The normalized spacial score (nSPS) is 56.8. The fourth-order valence-corrected chi connectivity index (χ4v) is 16.3. The van der Waals surface area contributed by atoms with Crippen molar-refractivity contribution in [3.8, 4) is 0 Å². The van der Waals surface area contributed by atoms with Crippen LogP contribution in [0, 0.1) is 50.2 Å². The van der Waals surface area contributed by atoms with Crippen LogP contribution in [0.25, 0.3) is 0 Å². The molecule has 5 unspecified atom stereocenters. The fourth-order valence-electron chi connectivity index (χ4n) is 16.3. The molecule has 5 aliphatic carbocycles. The molecule has 0 bridgehead atoms. The van der Waals surface area contributed by atoms with Crippen LogP contribution in [0.15, 0.2) is 11.6 Å². The van der Waals surface area contributed by atoms with E-state index in [0.717, 1.165) is 12.0 Å². The Morgan fingerprint density at radius 3 is 1.83 bits per heavy atom. The average Bonchev–Trinajstić information content (AvgIpc) is 3.34. The maximum absolute atomic E-state index is 15.4. The zero-order valence-electron chi connectivity index (χ0n) is 44.6. The van der Waals surface area contributed by atoms with Crippen LogP contribution < -0.4 is 0 Å². The first-order chi connectivity index (χ1) is 34.9. The highest BCUT2D eigenvalue weighted by molar-refractivity contribution is 5.80. The predicted molar refractivity (Wildman–Crippen MR) is 257 cm³/mol. The molecule has 0 spiro atoms. The molecule has 430 valence electrons. The summed E-state index contributed by atoms with van der Waals surface area (Å²) in [6.45, 7) is 16.4. The molecule has 9 aliphatic rings. The summed E-state index contributed by atoms with van der Waals surface area (Å²) in [6, 6.07) is 0. The Kier molecular flexibility index (Phi) is 15.8. The summed E-state index contributed by atoms with van der Waals surface area (Å²) in [5, 5.41) is 145. The minimum Gasteiger partial charge on any atom is -0.432 e. The zero-order valence-corrected chi connectivity index (χ0v) is 44.6. The Morgan fingerprint density at radius 1 is 0.600 bits per heavy atom. The third kappa shape index (κ3) is 9.12. The van der Waals surface area contributed by atoms with Gasteiger partial charge >= 0.3 is 5.97 Å². The summed E-state index contributed by atoms with van der Waals surface area (Å²) in [7, 11) is 0. The van der Waals surface area contributed by atoms with Crippen LogP contribution in [0.3, 0.4) is 0 Å². The lowest BCUT2D eigenvalue weighted by atomic mass is 9.33. The maximum Gasteiger partial charge on any atom is 0.317 e. The van der Waals surface area contributed by atoms with Crippen molar-refractivity contribution >= 4 is 5.97 Å². The number of hydrogen-bond donors (Lipinski definition) is 13. The molecule has 0 aromatic rings. The van der Waals surface area contributed by atoms with Crippen LogP contribution in [0.2, 0.25) is 0 Å². The van der Waals surface area contributed by atoms with E-state index in [9.17, 15) is 66.4 Å². The number of aliphatic hydroxyl groups is 13. The van der Waals surface area contributed by atoms with E-state index >= 15 is 4.79 Å². The summed E-state index contributed by atoms with van der Waals surface area (Å²) >= 11 is 0. The molecule has 0 radical (unpaired) electrons. The number of allylic oxidation sites excluding steroid dienone is 2. The molecule has 0 amide bonds. The topological polar surface area (TPSA) is 354 Å². The lowest BCUT2D eigenvalue weighted by molar-refractivity contribution is -0.380. The van der Waals surface area contributed by atoms with E-state index in [-0.39, 0.29) is 36.7 Å². The number of aliphatic hydroxyl groups excluding tert-OH is 13. The van der Waals surface area contributed by atoms with Gasteiger partial charge < -0.3 is 104 Å². The minimum atomic E-state index is -1.95. The molecule has 75 heavy (non-hydrogen) atoms. The third-order valence-corrected chi connectivity index (χ3v) is 21.0. The van der Waals surface area contributed by atoms with Gasteiger partial charge in [-0.3, -0.25) is 4.79 Å². The second-order valence-electron chi connectivity index (χ2n) is 25.9. The summed E-state index contributed by atoms with van der Waals surface area (Å²) < 4.78 is 47.2. The van der Waals surface area contributed by atoms with Gasteiger partial charge in [-0.15, -0.1) is 0 Å². The van der Waals surface area contributed by atoms with Crippen molar-refractivity contribution in [3.05, 3.63) is 11.6 Å². The second-order valence-corrected chi connectivity index (χ2v) is 25.9. The average molecular weight is 1080 g/mol. The first-order valence-electron chi connectivity index (χ1n) is 27.2. The number of esters is 1. The highest BCUT2D eigenvalue weighted by Gasteiger charge is 2.73. The Bertz CT molecular complexity index is 2100. The Hall–Kier alpha value is -1.59. The SMILES string of the molecule is C[C@@H]1O[C@@H](O[C@@H]2[C@@H](O)[C@H](O[C@@H]3[C@@H](O)[C@@H](O)[C@H](O[C@H]4[C@H](OC(=O)C56CCC(C)(C)CC5C5=CC[C@@H]7[C@@]8(C)CC(O)C(O)[C@@](C)(CO)C8CC[C@@]7(C)[C@]5(C)C[C@H]6O)O[C@H](C)[C@H](O)[C@@H]4O)O[C@H]3C)OC[C@H]2O)[C@H](O)[C@H](O)[C@H]1O. The quantitative estimate of drug-likeness (QED) is 0.0933. The van der Waals surface area contributed by atoms with Crippen molar-refractivity contribution < 1.29 is 109 Å². The standard InChI is InChI=1S/C53H86O22/c1-21-31(58)33(60)36(63)44(69-21)73-40-27(56)19-68-43(38(40)65)72-39-23(3)71-45(37(64)35(39)62)74-41-34(61)32(59)22(2)70-46(41)75-47(67)53-15-14-48(4,5)16-25(53)24-10-11-29-49(6)17-26(55)42(66)50(7,20-54)28(49)12-13-51(29,8)52(24,9)18-30(53)57/h10,21-23,25-46,54-66H,11-20H2,1-9H3/t21-,22+,23-,25?,26?,27+,28?,29+,30+,31-,32-,33+,34-,35-,36+,37+,38+,39-,40-,41+,42?,43-,44-,45-,46-,49-,50-,51+,52+,53?/m0/s1. The van der Waals surface area contributed by atoms with E-state index < -0.39 is 181 Å². The largest absolute Gasteiger partial charge is 0.432 e. The lowest BCUT2D eigenvalue weighted by Gasteiger charge is -2.72. The molecule has 4 aliphatic heterocycles. The molecule has 0 aromatic heterocycles. The molecule has 13 N–H and O–H groups in total. The Labute approximate surface area is 437 Å². The number of ether oxygens (including phenoxy) is 8. The van der Waals surface area contributed by atoms with Crippen LogP contribution >= 0.6 is 0 Å². The van der Waals surface area contributed by atoms with Gasteiger partial charge in [0.05, 0.1) is 49.8 Å². The van der Waals surface area contributed by atoms with E-state index in [0.29, 0.717) is 32.1 Å². The van der Waals surface area contributed by atoms with E-state index in [4.69, 9.17) is 37.9 Å². The smallest absolute Gasteiger partial charge is 0.317 e. The van der Waals surface area contributed by atoms with Crippen molar-refractivity contribution in [2.75, 3.05) is 13.2 Å². The lowest BCUT2D eigenvalue weighted by Crippen LogP contribution is -2.70. The van der Waals surface area contributed by atoms with E-state index in [2.05, 4.69) is 40.7 Å². The van der Waals surface area contributed by atoms with E-state index in [1.165, 1.54) is 20.8 Å². The highest BCUT2D eigenvalue weighted by Crippen LogP contribution is 2.76.